The van der Waals surface area contributed by atoms with Crippen LogP contribution in [0, 0.1) is 5.92 Å². The van der Waals surface area contributed by atoms with Gasteiger partial charge in [-0.1, -0.05) is 19.1 Å². The molecule has 13 heavy (non-hydrogen) atoms. The first-order chi connectivity index (χ1) is 6.11. The van der Waals surface area contributed by atoms with Crippen LogP contribution in [0.15, 0.2) is 6.20 Å². The van der Waals surface area contributed by atoms with Gasteiger partial charge in [-0.3, -0.25) is 4.68 Å². The van der Waals surface area contributed by atoms with Crippen molar-refractivity contribution in [3.05, 3.63) is 11.9 Å². The molecule has 1 atom stereocenters. The van der Waals surface area contributed by atoms with E-state index in [0.717, 1.165) is 18.5 Å². The third-order valence-electron chi connectivity index (χ3n) is 2.21. The molecule has 0 aliphatic rings. The molecule has 0 radical (unpaired) electrons. The van der Waals surface area contributed by atoms with Crippen molar-refractivity contribution in [2.75, 3.05) is 0 Å². The van der Waals surface area contributed by atoms with Crippen molar-refractivity contribution < 1.29 is 0 Å². The molecule has 0 aromatic carbocycles. The fraction of sp³-hybridized carbons (Fsp3) is 0.778. The Labute approximate surface area is 84.1 Å². The van der Waals surface area contributed by atoms with Gasteiger partial charge >= 0.3 is 0 Å². The molecule has 0 N–H and O–H groups in total. The van der Waals surface area contributed by atoms with E-state index in [9.17, 15) is 0 Å². The molecular weight excluding hydrogens is 186 g/mol. The second-order valence-corrected chi connectivity index (χ2v) is 4.21. The van der Waals surface area contributed by atoms with E-state index in [1.165, 1.54) is 0 Å². The summed E-state index contributed by atoms with van der Waals surface area (Å²) in [5, 5.41) is 7.92. The normalized spacial score (nSPS) is 13.6. The number of hydrogen-bond acceptors (Lipinski definition) is 2. The van der Waals surface area contributed by atoms with Gasteiger partial charge in [-0.2, -0.15) is 0 Å². The third kappa shape index (κ3) is 2.99. The van der Waals surface area contributed by atoms with E-state index >= 15 is 0 Å². The van der Waals surface area contributed by atoms with Crippen molar-refractivity contribution in [3.63, 3.8) is 0 Å². The largest absolute Gasteiger partial charge is 0.252 e. The highest BCUT2D eigenvalue weighted by Gasteiger charge is 2.10. The molecule has 3 nitrogen and oxygen atoms in total. The molecule has 0 amide bonds. The van der Waals surface area contributed by atoms with Crippen molar-refractivity contribution in [2.45, 2.75) is 32.1 Å². The molecule has 0 saturated heterocycles. The van der Waals surface area contributed by atoms with E-state index in [4.69, 9.17) is 11.6 Å². The fourth-order valence-electron chi connectivity index (χ4n) is 1.16. The number of aromatic nitrogens is 3. The molecule has 1 unspecified atom stereocenters. The van der Waals surface area contributed by atoms with E-state index in [-0.39, 0.29) is 5.38 Å². The minimum absolute atomic E-state index is 0.245. The quantitative estimate of drug-likeness (QED) is 0.698. The number of rotatable bonds is 4. The van der Waals surface area contributed by atoms with Gasteiger partial charge < -0.3 is 0 Å². The van der Waals surface area contributed by atoms with E-state index in [1.54, 1.807) is 10.9 Å². The lowest BCUT2D eigenvalue weighted by molar-refractivity contribution is 0.552. The maximum Gasteiger partial charge on any atom is 0.0724 e. The van der Waals surface area contributed by atoms with Crippen molar-refractivity contribution in [3.8, 4) is 0 Å². The van der Waals surface area contributed by atoms with Crippen LogP contribution in [-0.2, 0) is 13.5 Å². The number of halogens is 1. The van der Waals surface area contributed by atoms with Crippen LogP contribution in [0.25, 0.3) is 0 Å². The zero-order valence-corrected chi connectivity index (χ0v) is 9.12. The van der Waals surface area contributed by atoms with Crippen LogP contribution < -0.4 is 0 Å². The molecule has 1 aromatic heterocycles. The molecule has 1 aromatic rings. The Kier molecular flexibility index (Phi) is 3.72. The SMILES string of the molecule is CC(C)C(Cl)CCc1cnnn1C. The highest BCUT2D eigenvalue weighted by atomic mass is 35.5. The Bertz CT molecular complexity index is 257. The van der Waals surface area contributed by atoms with Crippen LogP contribution in [0.4, 0.5) is 0 Å². The van der Waals surface area contributed by atoms with Gasteiger partial charge in [-0.15, -0.1) is 16.7 Å². The van der Waals surface area contributed by atoms with Gasteiger partial charge in [-0.05, 0) is 18.8 Å². The molecule has 0 spiro atoms. The summed E-state index contributed by atoms with van der Waals surface area (Å²) in [6.45, 7) is 4.28. The van der Waals surface area contributed by atoms with Gasteiger partial charge in [0.15, 0.2) is 0 Å². The number of hydrogen-bond donors (Lipinski definition) is 0. The average molecular weight is 202 g/mol. The molecule has 0 bridgehead atoms. The summed E-state index contributed by atoms with van der Waals surface area (Å²) in [5.74, 6) is 0.530. The van der Waals surface area contributed by atoms with Crippen LogP contribution in [-0.4, -0.2) is 20.4 Å². The van der Waals surface area contributed by atoms with Gasteiger partial charge in [0, 0.05) is 12.4 Å². The molecule has 4 heteroatoms. The lowest BCUT2D eigenvalue weighted by Gasteiger charge is -2.12. The smallest absolute Gasteiger partial charge is 0.0724 e. The first-order valence-corrected chi connectivity index (χ1v) is 5.02. The maximum atomic E-state index is 6.13. The lowest BCUT2D eigenvalue weighted by atomic mass is 10.0. The van der Waals surface area contributed by atoms with E-state index in [1.807, 2.05) is 7.05 Å². The standard InChI is InChI=1S/C9H16ClN3/c1-7(2)9(10)5-4-8-6-11-12-13(8)3/h6-7,9H,4-5H2,1-3H3. The number of nitrogens with zero attached hydrogens (tertiary/aromatic N) is 3. The van der Waals surface area contributed by atoms with Crippen LogP contribution in [0.5, 0.6) is 0 Å². The van der Waals surface area contributed by atoms with Crippen LogP contribution >= 0.6 is 11.6 Å². The maximum absolute atomic E-state index is 6.13. The molecule has 0 fully saturated rings. The van der Waals surface area contributed by atoms with Crippen LogP contribution in [0.1, 0.15) is 26.0 Å². The van der Waals surface area contributed by atoms with E-state index < -0.39 is 0 Å². The first kappa shape index (κ1) is 10.5. The van der Waals surface area contributed by atoms with E-state index in [2.05, 4.69) is 24.2 Å². The predicted molar refractivity (Wildman–Crippen MR) is 53.8 cm³/mol. The molecule has 1 rings (SSSR count). The average Bonchev–Trinajstić information content (AvgIpc) is 2.47. The predicted octanol–water partition coefficient (Wildman–Crippen LogP) is 2.01. The molecule has 0 saturated carbocycles. The number of alkyl halides is 1. The van der Waals surface area contributed by atoms with E-state index in [0.29, 0.717) is 5.92 Å². The van der Waals surface area contributed by atoms with Crippen molar-refractivity contribution in [1.29, 1.82) is 0 Å². The van der Waals surface area contributed by atoms with Crippen molar-refractivity contribution in [1.82, 2.24) is 15.0 Å². The summed E-state index contributed by atoms with van der Waals surface area (Å²) in [4.78, 5) is 0. The molecule has 74 valence electrons. The Morgan fingerprint density at radius 1 is 1.54 bits per heavy atom. The summed E-state index contributed by atoms with van der Waals surface area (Å²) in [6, 6.07) is 0. The second kappa shape index (κ2) is 4.61. The zero-order valence-electron chi connectivity index (χ0n) is 8.37. The topological polar surface area (TPSA) is 30.7 Å². The molecule has 0 aliphatic carbocycles. The van der Waals surface area contributed by atoms with Crippen molar-refractivity contribution in [2.24, 2.45) is 13.0 Å². The van der Waals surface area contributed by atoms with Crippen LogP contribution in [0.3, 0.4) is 0 Å². The first-order valence-electron chi connectivity index (χ1n) is 4.59. The Morgan fingerprint density at radius 3 is 2.69 bits per heavy atom. The summed E-state index contributed by atoms with van der Waals surface area (Å²) in [5.41, 5.74) is 1.14. The molecule has 1 heterocycles. The van der Waals surface area contributed by atoms with Crippen molar-refractivity contribution >= 4 is 11.6 Å². The summed E-state index contributed by atoms with van der Waals surface area (Å²) < 4.78 is 1.80. The summed E-state index contributed by atoms with van der Waals surface area (Å²) >= 11 is 6.13. The summed E-state index contributed by atoms with van der Waals surface area (Å²) in [7, 11) is 1.90. The highest BCUT2D eigenvalue weighted by Crippen LogP contribution is 2.15. The fourth-order valence-corrected chi connectivity index (χ4v) is 1.27. The van der Waals surface area contributed by atoms with Gasteiger partial charge in [0.1, 0.15) is 0 Å². The third-order valence-corrected chi connectivity index (χ3v) is 2.93. The highest BCUT2D eigenvalue weighted by molar-refractivity contribution is 6.20. The monoisotopic (exact) mass is 201 g/mol. The van der Waals surface area contributed by atoms with Gasteiger partial charge in [0.25, 0.3) is 0 Å². The lowest BCUT2D eigenvalue weighted by Crippen LogP contribution is -2.10. The van der Waals surface area contributed by atoms with Gasteiger partial charge in [0.2, 0.25) is 0 Å². The minimum atomic E-state index is 0.245. The van der Waals surface area contributed by atoms with Gasteiger partial charge in [0.05, 0.1) is 11.9 Å². The van der Waals surface area contributed by atoms with Crippen LogP contribution in [0.2, 0.25) is 0 Å². The van der Waals surface area contributed by atoms with Gasteiger partial charge in [-0.25, -0.2) is 0 Å². The molecular formula is C9H16ClN3. The Hall–Kier alpha value is -0.570. The Balaban J connectivity index is 2.39. The minimum Gasteiger partial charge on any atom is -0.252 e. The Morgan fingerprint density at radius 2 is 2.23 bits per heavy atom. The summed E-state index contributed by atoms with van der Waals surface area (Å²) in [6.07, 6.45) is 3.74. The number of aryl methyl sites for hydroxylation is 2. The second-order valence-electron chi connectivity index (χ2n) is 3.65. The zero-order chi connectivity index (χ0) is 9.84. The molecule has 0 aliphatic heterocycles.